The Kier molecular flexibility index (Phi) is 3.84. The molecule has 0 spiro atoms. The number of aliphatic hydroxyl groups excluding tert-OH is 1. The van der Waals surface area contributed by atoms with E-state index in [1.807, 2.05) is 17.9 Å². The van der Waals surface area contributed by atoms with Gasteiger partial charge in [0.2, 0.25) is 0 Å². The van der Waals surface area contributed by atoms with Gasteiger partial charge in [-0.1, -0.05) is 6.07 Å². The van der Waals surface area contributed by atoms with Crippen molar-refractivity contribution in [1.29, 1.82) is 0 Å². The highest BCUT2D eigenvalue weighted by Crippen LogP contribution is 2.23. The molecule has 2 heterocycles. The Hall–Kier alpha value is -2.01. The molecule has 1 fully saturated rings. The van der Waals surface area contributed by atoms with Gasteiger partial charge in [0.25, 0.3) is 0 Å². The second kappa shape index (κ2) is 5.77. The third-order valence-electron chi connectivity index (χ3n) is 3.73. The lowest BCUT2D eigenvalue weighted by Crippen LogP contribution is -2.38. The third kappa shape index (κ3) is 3.03. The summed E-state index contributed by atoms with van der Waals surface area (Å²) in [6.45, 7) is 3.26. The van der Waals surface area contributed by atoms with Crippen LogP contribution in [-0.2, 0) is 0 Å². The summed E-state index contributed by atoms with van der Waals surface area (Å²) < 4.78 is 14.0. The van der Waals surface area contributed by atoms with Gasteiger partial charge < -0.3 is 10.0 Å². The van der Waals surface area contributed by atoms with Crippen molar-refractivity contribution >= 4 is 5.82 Å². The lowest BCUT2D eigenvalue weighted by molar-refractivity contribution is 0.154. The summed E-state index contributed by atoms with van der Waals surface area (Å²) >= 11 is 0. The second-order valence-corrected chi connectivity index (χ2v) is 5.46. The van der Waals surface area contributed by atoms with Crippen LogP contribution in [0.15, 0.2) is 30.5 Å². The standard InChI is InChI=1S/C16H18FN3O/c1-11-4-5-13(14(17)9-11)16-18-7-6-15(19-16)20-8-2-3-12(21)10-20/h4-7,9,12,21H,2-3,8,10H2,1H3/t12-/m0/s1. The number of aromatic nitrogens is 2. The summed E-state index contributed by atoms with van der Waals surface area (Å²) in [5.41, 5.74) is 1.27. The smallest absolute Gasteiger partial charge is 0.164 e. The number of halogens is 1. The molecule has 1 aliphatic heterocycles. The van der Waals surface area contributed by atoms with E-state index in [2.05, 4.69) is 9.97 Å². The normalized spacial score (nSPS) is 18.8. The Balaban J connectivity index is 1.92. The first-order chi connectivity index (χ1) is 10.1. The van der Waals surface area contributed by atoms with E-state index in [4.69, 9.17) is 0 Å². The first-order valence-electron chi connectivity index (χ1n) is 7.16. The Morgan fingerprint density at radius 2 is 2.19 bits per heavy atom. The topological polar surface area (TPSA) is 49.2 Å². The highest BCUT2D eigenvalue weighted by molar-refractivity contribution is 5.58. The van der Waals surface area contributed by atoms with Crippen LogP contribution in [0.25, 0.3) is 11.4 Å². The number of anilines is 1. The lowest BCUT2D eigenvalue weighted by atomic mass is 10.1. The van der Waals surface area contributed by atoms with E-state index in [-0.39, 0.29) is 11.9 Å². The van der Waals surface area contributed by atoms with Gasteiger partial charge in [0.1, 0.15) is 11.6 Å². The number of hydrogen-bond acceptors (Lipinski definition) is 4. The van der Waals surface area contributed by atoms with Crippen molar-refractivity contribution in [3.05, 3.63) is 41.8 Å². The number of benzene rings is 1. The maximum absolute atomic E-state index is 14.0. The van der Waals surface area contributed by atoms with Crippen LogP contribution in [0.4, 0.5) is 10.2 Å². The predicted octanol–water partition coefficient (Wildman–Crippen LogP) is 2.55. The van der Waals surface area contributed by atoms with E-state index >= 15 is 0 Å². The summed E-state index contributed by atoms with van der Waals surface area (Å²) in [6, 6.07) is 6.83. The molecule has 1 aliphatic rings. The molecule has 1 aromatic heterocycles. The summed E-state index contributed by atoms with van der Waals surface area (Å²) in [6.07, 6.45) is 3.06. The summed E-state index contributed by atoms with van der Waals surface area (Å²) in [5, 5.41) is 9.76. The van der Waals surface area contributed by atoms with Crippen molar-refractivity contribution in [2.45, 2.75) is 25.9 Å². The highest BCUT2D eigenvalue weighted by atomic mass is 19.1. The first-order valence-corrected chi connectivity index (χ1v) is 7.16. The zero-order chi connectivity index (χ0) is 14.8. The number of hydrogen-bond donors (Lipinski definition) is 1. The number of piperidine rings is 1. The van der Waals surface area contributed by atoms with Gasteiger partial charge in [-0.2, -0.15) is 0 Å². The molecule has 5 heteroatoms. The van der Waals surface area contributed by atoms with E-state index < -0.39 is 0 Å². The largest absolute Gasteiger partial charge is 0.391 e. The molecule has 3 rings (SSSR count). The molecule has 2 aromatic rings. The Morgan fingerprint density at radius 1 is 1.33 bits per heavy atom. The Bertz CT molecular complexity index is 647. The zero-order valence-corrected chi connectivity index (χ0v) is 12.0. The van der Waals surface area contributed by atoms with Crippen molar-refractivity contribution < 1.29 is 9.50 Å². The van der Waals surface area contributed by atoms with Crippen molar-refractivity contribution in [3.63, 3.8) is 0 Å². The zero-order valence-electron chi connectivity index (χ0n) is 12.0. The van der Waals surface area contributed by atoms with Gasteiger partial charge in [0.15, 0.2) is 5.82 Å². The monoisotopic (exact) mass is 287 g/mol. The maximum atomic E-state index is 14.0. The highest BCUT2D eigenvalue weighted by Gasteiger charge is 2.19. The lowest BCUT2D eigenvalue weighted by Gasteiger charge is -2.31. The average Bonchev–Trinajstić information content (AvgIpc) is 2.47. The number of β-amino-alcohol motifs (C(OH)–C–C–N with tert-alkyl or cyclic N) is 1. The van der Waals surface area contributed by atoms with E-state index in [1.165, 1.54) is 6.07 Å². The van der Waals surface area contributed by atoms with Gasteiger partial charge in [-0.05, 0) is 43.5 Å². The SMILES string of the molecule is Cc1ccc(-c2nccc(N3CCC[C@H](O)C3)n2)c(F)c1. The van der Waals surface area contributed by atoms with Gasteiger partial charge in [-0.15, -0.1) is 0 Å². The molecule has 0 unspecified atom stereocenters. The molecule has 0 saturated carbocycles. The van der Waals surface area contributed by atoms with Gasteiger partial charge in [-0.25, -0.2) is 14.4 Å². The molecule has 0 radical (unpaired) electrons. The van der Waals surface area contributed by atoms with Gasteiger partial charge in [0.05, 0.1) is 11.7 Å². The van der Waals surface area contributed by atoms with Crippen molar-refractivity contribution in [2.75, 3.05) is 18.0 Å². The molecule has 1 saturated heterocycles. The minimum Gasteiger partial charge on any atom is -0.391 e. The second-order valence-electron chi connectivity index (χ2n) is 5.46. The van der Waals surface area contributed by atoms with E-state index in [0.29, 0.717) is 17.9 Å². The Morgan fingerprint density at radius 3 is 2.95 bits per heavy atom. The number of nitrogens with zero attached hydrogens (tertiary/aromatic N) is 3. The van der Waals surface area contributed by atoms with Crippen LogP contribution in [-0.4, -0.2) is 34.3 Å². The third-order valence-corrected chi connectivity index (χ3v) is 3.73. The van der Waals surface area contributed by atoms with Crippen LogP contribution < -0.4 is 4.90 Å². The van der Waals surface area contributed by atoms with Crippen molar-refractivity contribution in [2.24, 2.45) is 0 Å². The van der Waals surface area contributed by atoms with E-state index in [0.717, 1.165) is 30.8 Å². The number of aryl methyl sites for hydroxylation is 1. The van der Waals surface area contributed by atoms with Gasteiger partial charge in [0, 0.05) is 19.3 Å². The van der Waals surface area contributed by atoms with Crippen LogP contribution in [0.1, 0.15) is 18.4 Å². The van der Waals surface area contributed by atoms with Crippen LogP contribution in [0.3, 0.4) is 0 Å². The van der Waals surface area contributed by atoms with Crippen LogP contribution >= 0.6 is 0 Å². The molecule has 1 atom stereocenters. The fourth-order valence-corrected chi connectivity index (χ4v) is 2.62. The quantitative estimate of drug-likeness (QED) is 0.922. The molecule has 110 valence electrons. The molecule has 4 nitrogen and oxygen atoms in total. The number of aliphatic hydroxyl groups is 1. The fraction of sp³-hybridized carbons (Fsp3) is 0.375. The molecule has 1 aromatic carbocycles. The minimum absolute atomic E-state index is 0.314. The molecular weight excluding hydrogens is 269 g/mol. The van der Waals surface area contributed by atoms with Crippen LogP contribution in [0, 0.1) is 12.7 Å². The molecule has 0 aliphatic carbocycles. The van der Waals surface area contributed by atoms with Crippen molar-refractivity contribution in [1.82, 2.24) is 9.97 Å². The fourth-order valence-electron chi connectivity index (χ4n) is 2.62. The minimum atomic E-state index is -0.326. The predicted molar refractivity (Wildman–Crippen MR) is 79.6 cm³/mol. The molecule has 21 heavy (non-hydrogen) atoms. The number of rotatable bonds is 2. The van der Waals surface area contributed by atoms with Gasteiger partial charge in [-0.3, -0.25) is 0 Å². The van der Waals surface area contributed by atoms with Crippen molar-refractivity contribution in [3.8, 4) is 11.4 Å². The molecule has 0 bridgehead atoms. The summed E-state index contributed by atoms with van der Waals surface area (Å²) in [4.78, 5) is 10.6. The summed E-state index contributed by atoms with van der Waals surface area (Å²) in [5.74, 6) is 0.801. The van der Waals surface area contributed by atoms with Crippen LogP contribution in [0.5, 0.6) is 0 Å². The molecule has 1 N–H and O–H groups in total. The Labute approximate surface area is 123 Å². The maximum Gasteiger partial charge on any atom is 0.164 e. The van der Waals surface area contributed by atoms with Crippen LogP contribution in [0.2, 0.25) is 0 Å². The molecular formula is C16H18FN3O. The molecule has 0 amide bonds. The summed E-state index contributed by atoms with van der Waals surface area (Å²) in [7, 11) is 0. The van der Waals surface area contributed by atoms with Gasteiger partial charge >= 0.3 is 0 Å². The van der Waals surface area contributed by atoms with E-state index in [1.54, 1.807) is 18.3 Å². The van der Waals surface area contributed by atoms with E-state index in [9.17, 15) is 9.50 Å². The first kappa shape index (κ1) is 13.9. The average molecular weight is 287 g/mol.